The van der Waals surface area contributed by atoms with Crippen molar-refractivity contribution in [2.24, 2.45) is 0 Å². The normalized spacial score (nSPS) is 17.1. The largest absolute Gasteiger partial charge is 0.360 e. The third kappa shape index (κ3) is 3.83. The molecule has 0 fully saturated rings. The molecule has 8 heteroatoms. The molecule has 1 aliphatic heterocycles. The van der Waals surface area contributed by atoms with Gasteiger partial charge in [0.05, 0.1) is 11.6 Å². The Hall–Kier alpha value is -2.80. The maximum Gasteiger partial charge on any atom is 0.322 e. The van der Waals surface area contributed by atoms with Gasteiger partial charge in [0, 0.05) is 23.3 Å². The van der Waals surface area contributed by atoms with Crippen LogP contribution in [-0.2, 0) is 4.79 Å². The number of carbonyl (C=O) groups is 2. The van der Waals surface area contributed by atoms with Gasteiger partial charge < -0.3 is 15.2 Å². The highest BCUT2D eigenvalue weighted by Gasteiger charge is 2.36. The van der Waals surface area contributed by atoms with Crippen LogP contribution in [-0.4, -0.2) is 28.5 Å². The lowest BCUT2D eigenvalue weighted by molar-refractivity contribution is -0.113. The third-order valence-corrected chi connectivity index (χ3v) is 4.72. The first-order valence-corrected chi connectivity index (χ1v) is 9.08. The Kier molecular flexibility index (Phi) is 5.51. The van der Waals surface area contributed by atoms with Gasteiger partial charge in [-0.1, -0.05) is 41.9 Å². The molecule has 1 atom stereocenters. The van der Waals surface area contributed by atoms with E-state index in [0.29, 0.717) is 40.0 Å². The molecule has 1 aromatic carbocycles. The van der Waals surface area contributed by atoms with Crippen LogP contribution in [0, 0.1) is 6.92 Å². The topological polar surface area (TPSA) is 87.5 Å². The minimum atomic E-state index is -0.660. The summed E-state index contributed by atoms with van der Waals surface area (Å²) in [7, 11) is 0. The summed E-state index contributed by atoms with van der Waals surface area (Å²) in [6.07, 6.45) is 0.763. The zero-order valence-corrected chi connectivity index (χ0v) is 16.1. The molecule has 142 valence electrons. The summed E-state index contributed by atoms with van der Waals surface area (Å²) in [5.41, 5.74) is 1.66. The van der Waals surface area contributed by atoms with Crippen LogP contribution in [0.1, 0.15) is 37.6 Å². The van der Waals surface area contributed by atoms with Gasteiger partial charge in [-0.2, -0.15) is 0 Å². The molecule has 2 aromatic rings. The average molecular weight is 389 g/mol. The molecule has 7 nitrogen and oxygen atoms in total. The Morgan fingerprint density at radius 3 is 2.74 bits per heavy atom. The minimum Gasteiger partial charge on any atom is -0.360 e. The van der Waals surface area contributed by atoms with E-state index in [9.17, 15) is 9.59 Å². The van der Waals surface area contributed by atoms with Gasteiger partial charge in [0.15, 0.2) is 5.82 Å². The van der Waals surface area contributed by atoms with Crippen molar-refractivity contribution in [3.05, 3.63) is 57.9 Å². The Labute approximate surface area is 162 Å². The predicted octanol–water partition coefficient (Wildman–Crippen LogP) is 4.03. The van der Waals surface area contributed by atoms with Gasteiger partial charge in [-0.25, -0.2) is 4.79 Å². The van der Waals surface area contributed by atoms with Gasteiger partial charge in [0.25, 0.3) is 5.91 Å². The summed E-state index contributed by atoms with van der Waals surface area (Å²) in [4.78, 5) is 27.2. The summed E-state index contributed by atoms with van der Waals surface area (Å²) in [6.45, 7) is 5.98. The van der Waals surface area contributed by atoms with Gasteiger partial charge in [-0.3, -0.25) is 9.69 Å². The molecule has 1 aliphatic rings. The monoisotopic (exact) mass is 388 g/mol. The van der Waals surface area contributed by atoms with Gasteiger partial charge in [0.2, 0.25) is 0 Å². The number of aromatic nitrogens is 1. The number of urea groups is 1. The van der Waals surface area contributed by atoms with E-state index >= 15 is 0 Å². The van der Waals surface area contributed by atoms with E-state index < -0.39 is 6.04 Å². The second-order valence-corrected chi connectivity index (χ2v) is 6.74. The maximum absolute atomic E-state index is 13.1. The maximum atomic E-state index is 13.1. The quantitative estimate of drug-likeness (QED) is 0.809. The number of aryl methyl sites for hydroxylation is 1. The zero-order valence-electron chi connectivity index (χ0n) is 15.4. The van der Waals surface area contributed by atoms with Crippen LogP contribution >= 0.6 is 11.6 Å². The molecule has 0 saturated carbocycles. The molecule has 2 heterocycles. The van der Waals surface area contributed by atoms with Crippen molar-refractivity contribution >= 4 is 29.4 Å². The smallest absolute Gasteiger partial charge is 0.322 e. The number of allylic oxidation sites excluding steroid dienone is 1. The molecular weight excluding hydrogens is 368 g/mol. The van der Waals surface area contributed by atoms with Gasteiger partial charge in [0.1, 0.15) is 5.76 Å². The minimum absolute atomic E-state index is 0.256. The fourth-order valence-corrected chi connectivity index (χ4v) is 3.36. The number of nitrogens with zero attached hydrogens (tertiary/aromatic N) is 2. The van der Waals surface area contributed by atoms with Crippen molar-refractivity contribution in [1.29, 1.82) is 0 Å². The fourth-order valence-electron chi connectivity index (χ4n) is 3.12. The van der Waals surface area contributed by atoms with Crippen LogP contribution in [0.2, 0.25) is 5.02 Å². The zero-order chi connectivity index (χ0) is 19.6. The van der Waals surface area contributed by atoms with Crippen LogP contribution in [0.3, 0.4) is 0 Å². The van der Waals surface area contributed by atoms with Crippen molar-refractivity contribution < 1.29 is 14.1 Å². The fraction of sp³-hybridized carbons (Fsp3) is 0.316. The Morgan fingerprint density at radius 2 is 2.11 bits per heavy atom. The predicted molar refractivity (Wildman–Crippen MR) is 102 cm³/mol. The number of rotatable bonds is 5. The lowest BCUT2D eigenvalue weighted by Crippen LogP contribution is -2.48. The molecule has 0 spiro atoms. The Morgan fingerprint density at radius 1 is 1.37 bits per heavy atom. The average Bonchev–Trinajstić information content (AvgIpc) is 3.03. The van der Waals surface area contributed by atoms with Crippen LogP contribution in [0.15, 0.2) is 46.1 Å². The molecule has 0 radical (unpaired) electrons. The van der Waals surface area contributed by atoms with E-state index in [0.717, 1.165) is 6.42 Å². The van der Waals surface area contributed by atoms with E-state index in [4.69, 9.17) is 16.1 Å². The number of carbonyl (C=O) groups excluding carboxylic acids is 2. The molecule has 0 aliphatic carbocycles. The number of halogens is 1. The first-order chi connectivity index (χ1) is 12.9. The van der Waals surface area contributed by atoms with E-state index in [1.54, 1.807) is 43.0 Å². The molecule has 0 saturated heterocycles. The van der Waals surface area contributed by atoms with Crippen molar-refractivity contribution in [2.45, 2.75) is 33.2 Å². The molecular formula is C19H21ClN4O3. The summed E-state index contributed by atoms with van der Waals surface area (Å²) in [5, 5.41) is 9.92. The highest BCUT2D eigenvalue weighted by molar-refractivity contribution is 6.31. The van der Waals surface area contributed by atoms with Gasteiger partial charge in [-0.15, -0.1) is 0 Å². The second kappa shape index (κ2) is 7.84. The van der Waals surface area contributed by atoms with Crippen LogP contribution < -0.4 is 10.6 Å². The van der Waals surface area contributed by atoms with Crippen LogP contribution in [0.25, 0.3) is 0 Å². The van der Waals surface area contributed by atoms with Crippen molar-refractivity contribution in [3.63, 3.8) is 0 Å². The van der Waals surface area contributed by atoms with E-state index in [1.807, 2.05) is 13.0 Å². The number of hydrogen-bond acceptors (Lipinski definition) is 4. The molecule has 3 amide bonds. The second-order valence-electron chi connectivity index (χ2n) is 6.33. The summed E-state index contributed by atoms with van der Waals surface area (Å²) < 4.78 is 5.00. The summed E-state index contributed by atoms with van der Waals surface area (Å²) >= 11 is 6.34. The summed E-state index contributed by atoms with van der Waals surface area (Å²) in [6, 6.07) is 7.85. The molecule has 2 N–H and O–H groups in total. The number of benzene rings is 1. The van der Waals surface area contributed by atoms with Crippen molar-refractivity contribution in [3.8, 4) is 0 Å². The first-order valence-electron chi connectivity index (χ1n) is 8.70. The standard InChI is InChI=1S/C19H21ClN4O3/c1-4-9-24-12(3)16(18(25)21-15-10-11(2)27-23-15)17(22-19(24)26)13-7-5-6-8-14(13)20/h5-8,10,17H,4,9H2,1-3H3,(H,22,26)(H,21,23,25). The van der Waals surface area contributed by atoms with Crippen LogP contribution in [0.4, 0.5) is 10.6 Å². The number of hydrogen-bond donors (Lipinski definition) is 2. The molecule has 1 aromatic heterocycles. The Balaban J connectivity index is 2.04. The van der Waals surface area contributed by atoms with E-state index in [-0.39, 0.29) is 11.9 Å². The molecule has 3 rings (SSSR count). The summed E-state index contributed by atoms with van der Waals surface area (Å²) in [5.74, 6) is 0.532. The lowest BCUT2D eigenvalue weighted by Gasteiger charge is -2.35. The lowest BCUT2D eigenvalue weighted by atomic mass is 9.94. The van der Waals surface area contributed by atoms with E-state index in [1.165, 1.54) is 0 Å². The molecule has 0 bridgehead atoms. The van der Waals surface area contributed by atoms with Crippen molar-refractivity contribution in [1.82, 2.24) is 15.4 Å². The third-order valence-electron chi connectivity index (χ3n) is 4.37. The number of amides is 3. The Bertz CT molecular complexity index is 906. The first kappa shape index (κ1) is 19.0. The number of anilines is 1. The number of nitrogens with one attached hydrogen (secondary N) is 2. The van der Waals surface area contributed by atoms with Crippen LogP contribution in [0.5, 0.6) is 0 Å². The SMILES string of the molecule is CCCN1C(=O)NC(c2ccccc2Cl)C(C(=O)Nc2cc(C)on2)=C1C. The van der Waals surface area contributed by atoms with Gasteiger partial charge in [-0.05, 0) is 31.9 Å². The highest BCUT2D eigenvalue weighted by atomic mass is 35.5. The molecule has 27 heavy (non-hydrogen) atoms. The highest BCUT2D eigenvalue weighted by Crippen LogP contribution is 2.34. The van der Waals surface area contributed by atoms with Gasteiger partial charge >= 0.3 is 6.03 Å². The van der Waals surface area contributed by atoms with E-state index in [2.05, 4.69) is 15.8 Å². The molecule has 1 unspecified atom stereocenters. The van der Waals surface area contributed by atoms with Crippen molar-refractivity contribution in [2.75, 3.05) is 11.9 Å².